The number of rotatable bonds is 8. The lowest BCUT2D eigenvalue weighted by atomic mass is 10.1. The van der Waals surface area contributed by atoms with Crippen LogP contribution in [-0.4, -0.2) is 45.8 Å². The minimum absolute atomic E-state index is 0.0322. The van der Waals surface area contributed by atoms with Crippen LogP contribution in [0, 0.1) is 0 Å². The van der Waals surface area contributed by atoms with Crippen LogP contribution in [0.1, 0.15) is 56.1 Å². The molecule has 3 heterocycles. The van der Waals surface area contributed by atoms with E-state index in [-0.39, 0.29) is 6.04 Å². The molecule has 0 spiro atoms. The van der Waals surface area contributed by atoms with Gasteiger partial charge in [0.15, 0.2) is 5.65 Å². The summed E-state index contributed by atoms with van der Waals surface area (Å²) in [5, 5.41) is 15.1. The van der Waals surface area contributed by atoms with Crippen molar-refractivity contribution < 1.29 is 4.74 Å². The van der Waals surface area contributed by atoms with Crippen LogP contribution < -0.4 is 20.7 Å². The van der Waals surface area contributed by atoms with E-state index in [1.807, 2.05) is 28.9 Å². The van der Waals surface area contributed by atoms with Crippen molar-refractivity contribution in [3.63, 3.8) is 0 Å². The third kappa shape index (κ3) is 4.39. The molecule has 160 valence electrons. The van der Waals surface area contributed by atoms with E-state index in [0.717, 1.165) is 47.9 Å². The molecule has 3 N–H and O–H groups in total. The Kier molecular flexibility index (Phi) is 6.15. The first-order valence-electron chi connectivity index (χ1n) is 10.6. The second-order valence-corrected chi connectivity index (χ2v) is 8.17. The first-order valence-corrected chi connectivity index (χ1v) is 10.6. The number of aromatic nitrogens is 4. The summed E-state index contributed by atoms with van der Waals surface area (Å²) in [4.78, 5) is 9.64. The lowest BCUT2D eigenvalue weighted by Crippen LogP contribution is -2.31. The van der Waals surface area contributed by atoms with Crippen molar-refractivity contribution in [2.75, 3.05) is 25.5 Å². The second kappa shape index (κ2) is 8.97. The van der Waals surface area contributed by atoms with Crippen LogP contribution in [0.15, 0.2) is 30.5 Å². The molecule has 0 aliphatic carbocycles. The fourth-order valence-corrected chi connectivity index (χ4v) is 3.77. The van der Waals surface area contributed by atoms with Crippen LogP contribution >= 0.6 is 0 Å². The molecule has 3 aromatic rings. The quantitative estimate of drug-likeness (QED) is 0.527. The van der Waals surface area contributed by atoms with Gasteiger partial charge in [0.1, 0.15) is 11.6 Å². The Labute approximate surface area is 177 Å². The summed E-state index contributed by atoms with van der Waals surface area (Å²) in [7, 11) is 1.68. The van der Waals surface area contributed by atoms with E-state index in [9.17, 15) is 0 Å². The van der Waals surface area contributed by atoms with Crippen molar-refractivity contribution in [2.45, 2.75) is 51.7 Å². The fraction of sp³-hybridized carbons (Fsp3) is 0.500. The minimum atomic E-state index is 0.0322. The Morgan fingerprint density at radius 1 is 1.27 bits per heavy atom. The smallest absolute Gasteiger partial charge is 0.228 e. The molecule has 0 saturated carbocycles. The maximum Gasteiger partial charge on any atom is 0.228 e. The topological polar surface area (TPSA) is 88.4 Å². The predicted molar refractivity (Wildman–Crippen MR) is 118 cm³/mol. The average molecular weight is 410 g/mol. The van der Waals surface area contributed by atoms with Crippen LogP contribution in [0.3, 0.4) is 0 Å². The SMILES string of the molecule is COc1cccc([C@H](C)Nc2nc(CNC3CCNC3)nc3c(C(C)C)cnn23)c1. The van der Waals surface area contributed by atoms with E-state index in [1.165, 1.54) is 0 Å². The van der Waals surface area contributed by atoms with Crippen molar-refractivity contribution in [1.82, 2.24) is 30.2 Å². The molecule has 1 aliphatic heterocycles. The van der Waals surface area contributed by atoms with E-state index in [0.29, 0.717) is 24.5 Å². The van der Waals surface area contributed by atoms with E-state index >= 15 is 0 Å². The number of methoxy groups -OCH3 is 1. The predicted octanol–water partition coefficient (Wildman–Crippen LogP) is 2.88. The number of ether oxygens (including phenoxy) is 1. The summed E-state index contributed by atoms with van der Waals surface area (Å²) < 4.78 is 7.18. The Balaban J connectivity index is 1.64. The number of nitrogens with one attached hydrogen (secondary N) is 3. The molecule has 0 bridgehead atoms. The largest absolute Gasteiger partial charge is 0.497 e. The molecule has 2 aromatic heterocycles. The zero-order chi connectivity index (χ0) is 21.1. The molecule has 0 radical (unpaired) electrons. The highest BCUT2D eigenvalue weighted by Crippen LogP contribution is 2.25. The van der Waals surface area contributed by atoms with Crippen LogP contribution in [0.2, 0.25) is 0 Å². The molecule has 1 aliphatic rings. The van der Waals surface area contributed by atoms with E-state index in [4.69, 9.17) is 14.7 Å². The number of nitrogens with zero attached hydrogens (tertiary/aromatic N) is 4. The highest BCUT2D eigenvalue weighted by Gasteiger charge is 2.19. The highest BCUT2D eigenvalue weighted by atomic mass is 16.5. The summed E-state index contributed by atoms with van der Waals surface area (Å²) in [5.74, 6) is 2.65. The van der Waals surface area contributed by atoms with Gasteiger partial charge in [-0.15, -0.1) is 0 Å². The van der Waals surface area contributed by atoms with Gasteiger partial charge >= 0.3 is 0 Å². The van der Waals surface area contributed by atoms with Crippen LogP contribution in [0.5, 0.6) is 5.75 Å². The number of fused-ring (bicyclic) bond motifs is 1. The minimum Gasteiger partial charge on any atom is -0.497 e. The van der Waals surface area contributed by atoms with Gasteiger partial charge in [-0.25, -0.2) is 4.98 Å². The van der Waals surface area contributed by atoms with Gasteiger partial charge in [0, 0.05) is 18.2 Å². The number of hydrogen-bond donors (Lipinski definition) is 3. The van der Waals surface area contributed by atoms with Crippen molar-refractivity contribution in [3.8, 4) is 5.75 Å². The van der Waals surface area contributed by atoms with Crippen LogP contribution in [0.4, 0.5) is 5.95 Å². The molecule has 1 fully saturated rings. The Morgan fingerprint density at radius 3 is 2.87 bits per heavy atom. The van der Waals surface area contributed by atoms with Crippen LogP contribution in [0.25, 0.3) is 5.65 Å². The molecular weight excluding hydrogens is 378 g/mol. The zero-order valence-corrected chi connectivity index (χ0v) is 18.1. The summed E-state index contributed by atoms with van der Waals surface area (Å²) in [6, 6.07) is 8.56. The van der Waals surface area contributed by atoms with Crippen molar-refractivity contribution in [1.29, 1.82) is 0 Å². The van der Waals surface area contributed by atoms with Crippen molar-refractivity contribution in [3.05, 3.63) is 47.4 Å². The standard InChI is InChI=1S/C22H31N7O/c1-14(2)19-12-25-29-21(19)27-20(13-24-17-8-9-23-11-17)28-22(29)26-15(3)16-6-5-7-18(10-16)30-4/h5-7,10,12,14-15,17,23-24H,8-9,11,13H2,1-4H3,(H,26,27,28)/t15-,17?/m0/s1. The van der Waals surface area contributed by atoms with Gasteiger partial charge in [0.25, 0.3) is 0 Å². The first kappa shape index (κ1) is 20.6. The average Bonchev–Trinajstić information content (AvgIpc) is 3.42. The van der Waals surface area contributed by atoms with E-state index in [1.54, 1.807) is 7.11 Å². The molecule has 2 atom stereocenters. The normalized spacial score (nSPS) is 17.6. The van der Waals surface area contributed by atoms with Gasteiger partial charge < -0.3 is 20.7 Å². The van der Waals surface area contributed by atoms with Gasteiger partial charge in [-0.2, -0.15) is 14.6 Å². The van der Waals surface area contributed by atoms with Gasteiger partial charge in [0.2, 0.25) is 5.95 Å². The Hall–Kier alpha value is -2.71. The van der Waals surface area contributed by atoms with Gasteiger partial charge in [-0.05, 0) is 43.5 Å². The van der Waals surface area contributed by atoms with Crippen molar-refractivity contribution >= 4 is 11.6 Å². The maximum atomic E-state index is 5.37. The summed E-state index contributed by atoms with van der Waals surface area (Å²) in [5.41, 5.74) is 3.11. The maximum absolute atomic E-state index is 5.37. The Bertz CT molecular complexity index is 994. The Morgan fingerprint density at radius 2 is 2.13 bits per heavy atom. The summed E-state index contributed by atoms with van der Waals surface area (Å²) >= 11 is 0. The second-order valence-electron chi connectivity index (χ2n) is 8.17. The van der Waals surface area contributed by atoms with Crippen molar-refractivity contribution in [2.24, 2.45) is 0 Å². The molecule has 30 heavy (non-hydrogen) atoms. The molecule has 8 heteroatoms. The van der Waals surface area contributed by atoms with Gasteiger partial charge in [0.05, 0.1) is 25.9 Å². The third-order valence-corrected chi connectivity index (χ3v) is 5.61. The van der Waals surface area contributed by atoms with E-state index in [2.05, 4.69) is 47.9 Å². The van der Waals surface area contributed by atoms with Gasteiger partial charge in [-0.3, -0.25) is 0 Å². The summed E-state index contributed by atoms with van der Waals surface area (Å²) in [6.07, 6.45) is 3.03. The molecule has 0 amide bonds. The summed E-state index contributed by atoms with van der Waals surface area (Å²) in [6.45, 7) is 9.11. The molecular formula is C22H31N7O. The highest BCUT2D eigenvalue weighted by molar-refractivity contribution is 5.52. The van der Waals surface area contributed by atoms with E-state index < -0.39 is 0 Å². The fourth-order valence-electron chi connectivity index (χ4n) is 3.77. The number of benzene rings is 1. The molecule has 1 saturated heterocycles. The molecule has 1 unspecified atom stereocenters. The number of anilines is 1. The molecule has 4 rings (SSSR count). The monoisotopic (exact) mass is 409 g/mol. The lowest BCUT2D eigenvalue weighted by Gasteiger charge is -2.18. The molecule has 8 nitrogen and oxygen atoms in total. The molecule has 1 aromatic carbocycles. The number of hydrogen-bond acceptors (Lipinski definition) is 7. The zero-order valence-electron chi connectivity index (χ0n) is 18.1. The third-order valence-electron chi connectivity index (χ3n) is 5.61. The lowest BCUT2D eigenvalue weighted by molar-refractivity contribution is 0.414. The van der Waals surface area contributed by atoms with Crippen LogP contribution in [-0.2, 0) is 6.54 Å². The van der Waals surface area contributed by atoms with Gasteiger partial charge in [-0.1, -0.05) is 26.0 Å². The first-order chi connectivity index (χ1) is 14.5.